The van der Waals surface area contributed by atoms with Crippen LogP contribution in [0, 0.1) is 13.8 Å². The molecule has 3 aromatic carbocycles. The van der Waals surface area contributed by atoms with Crippen LogP contribution in [0.4, 0.5) is 10.5 Å². The van der Waals surface area contributed by atoms with E-state index in [2.05, 4.69) is 15.5 Å². The van der Waals surface area contributed by atoms with Gasteiger partial charge < -0.3 is 4.74 Å². The second-order valence-corrected chi connectivity index (χ2v) is 7.91. The molecule has 0 bridgehead atoms. The number of para-hydroxylation sites is 1. The Morgan fingerprint density at radius 2 is 1.76 bits per heavy atom. The molecule has 1 atom stereocenters. The van der Waals surface area contributed by atoms with Crippen molar-refractivity contribution in [2.24, 2.45) is 4.99 Å². The van der Waals surface area contributed by atoms with E-state index >= 15 is 0 Å². The molecule has 7 heteroatoms. The van der Waals surface area contributed by atoms with Gasteiger partial charge >= 0.3 is 6.09 Å². The Hall–Kier alpha value is -4.26. The smallest absolute Gasteiger partial charge is 0.411 e. The number of ether oxygens (including phenoxy) is 1. The highest BCUT2D eigenvalue weighted by Gasteiger charge is 2.28. The van der Waals surface area contributed by atoms with Crippen molar-refractivity contribution in [2.75, 3.05) is 11.9 Å². The van der Waals surface area contributed by atoms with Gasteiger partial charge in [0.05, 0.1) is 11.4 Å². The van der Waals surface area contributed by atoms with Gasteiger partial charge in [0.2, 0.25) is 0 Å². The lowest BCUT2D eigenvalue weighted by Crippen LogP contribution is -2.19. The van der Waals surface area contributed by atoms with Gasteiger partial charge in [0.1, 0.15) is 18.5 Å². The van der Waals surface area contributed by atoms with Gasteiger partial charge in [-0.15, -0.1) is 10.2 Å². The Morgan fingerprint density at radius 1 is 0.970 bits per heavy atom. The fourth-order valence-corrected chi connectivity index (χ4v) is 4.01. The summed E-state index contributed by atoms with van der Waals surface area (Å²) in [7, 11) is 0. The van der Waals surface area contributed by atoms with Crippen molar-refractivity contribution < 1.29 is 9.53 Å². The molecule has 0 saturated carbocycles. The number of carbonyl (C=O) groups excluding carboxylic acids is 1. The number of aliphatic imine (C=N–C) groups is 1. The zero-order chi connectivity index (χ0) is 22.8. The Kier molecular flexibility index (Phi) is 5.44. The van der Waals surface area contributed by atoms with Crippen molar-refractivity contribution in [3.05, 3.63) is 107 Å². The van der Waals surface area contributed by atoms with E-state index in [1.165, 1.54) is 0 Å². The number of carbonyl (C=O) groups is 1. The van der Waals surface area contributed by atoms with Crippen LogP contribution in [0.3, 0.4) is 0 Å². The average molecular weight is 438 g/mol. The zero-order valence-corrected chi connectivity index (χ0v) is 18.4. The largest absolute Gasteiger partial charge is 0.447 e. The van der Waals surface area contributed by atoms with Crippen molar-refractivity contribution in [2.45, 2.75) is 19.9 Å². The van der Waals surface area contributed by atoms with Crippen LogP contribution < -0.4 is 5.32 Å². The van der Waals surface area contributed by atoms with Crippen molar-refractivity contribution in [1.29, 1.82) is 0 Å². The summed E-state index contributed by atoms with van der Waals surface area (Å²) in [5.74, 6) is 1.38. The fourth-order valence-electron chi connectivity index (χ4n) is 4.01. The maximum absolute atomic E-state index is 12.5. The third-order valence-corrected chi connectivity index (χ3v) is 5.52. The molecule has 4 aromatic rings. The van der Waals surface area contributed by atoms with Gasteiger partial charge in [0.15, 0.2) is 5.82 Å². The molecule has 5 rings (SSSR count). The molecular formula is C26H23N5O2. The van der Waals surface area contributed by atoms with Crippen LogP contribution in [-0.2, 0) is 4.74 Å². The third-order valence-electron chi connectivity index (χ3n) is 5.52. The van der Waals surface area contributed by atoms with Gasteiger partial charge in [0.25, 0.3) is 0 Å². The molecule has 1 amide bonds. The number of hydrogen-bond acceptors (Lipinski definition) is 5. The first kappa shape index (κ1) is 20.6. The minimum atomic E-state index is -0.540. The first-order valence-electron chi connectivity index (χ1n) is 10.8. The molecule has 0 radical (unpaired) electrons. The van der Waals surface area contributed by atoms with Gasteiger partial charge in [-0.2, -0.15) is 0 Å². The summed E-state index contributed by atoms with van der Waals surface area (Å²) >= 11 is 0. The van der Waals surface area contributed by atoms with Gasteiger partial charge in [0, 0.05) is 16.8 Å². The number of nitrogens with one attached hydrogen (secondary N) is 1. The van der Waals surface area contributed by atoms with E-state index in [0.29, 0.717) is 11.5 Å². The number of fused-ring (bicyclic) bond motifs is 3. The summed E-state index contributed by atoms with van der Waals surface area (Å²) in [4.78, 5) is 17.5. The Morgan fingerprint density at radius 3 is 2.58 bits per heavy atom. The van der Waals surface area contributed by atoms with Crippen LogP contribution in [0.15, 0.2) is 83.9 Å². The van der Waals surface area contributed by atoms with E-state index in [9.17, 15) is 4.79 Å². The monoisotopic (exact) mass is 437 g/mol. The van der Waals surface area contributed by atoms with Crippen molar-refractivity contribution in [3.63, 3.8) is 0 Å². The summed E-state index contributed by atoms with van der Waals surface area (Å²) in [5, 5.41) is 11.4. The second-order valence-electron chi connectivity index (χ2n) is 7.91. The Labute approximate surface area is 191 Å². The molecule has 1 aromatic heterocycles. The Bertz CT molecular complexity index is 1340. The highest BCUT2D eigenvalue weighted by Crippen LogP contribution is 2.31. The van der Waals surface area contributed by atoms with Crippen LogP contribution in [0.2, 0.25) is 0 Å². The van der Waals surface area contributed by atoms with Crippen LogP contribution in [0.25, 0.3) is 5.69 Å². The number of benzene rings is 3. The van der Waals surface area contributed by atoms with Crippen LogP contribution >= 0.6 is 0 Å². The molecule has 1 N–H and O–H groups in total. The molecular weight excluding hydrogens is 414 g/mol. The van der Waals surface area contributed by atoms with Gasteiger partial charge in [-0.1, -0.05) is 60.7 Å². The molecule has 2 heterocycles. The molecule has 1 aliphatic heterocycles. The molecule has 0 saturated heterocycles. The van der Waals surface area contributed by atoms with Crippen LogP contribution in [-0.4, -0.2) is 33.2 Å². The minimum absolute atomic E-state index is 0.0279. The number of hydrogen-bond donors (Lipinski definition) is 1. The van der Waals surface area contributed by atoms with E-state index in [4.69, 9.17) is 9.73 Å². The summed E-state index contributed by atoms with van der Waals surface area (Å²) in [6, 6.07) is 25.1. The second kappa shape index (κ2) is 8.70. The molecule has 1 aliphatic rings. The molecule has 1 unspecified atom stereocenters. The van der Waals surface area contributed by atoms with E-state index in [0.717, 1.165) is 33.9 Å². The minimum Gasteiger partial charge on any atom is -0.447 e. The quantitative estimate of drug-likeness (QED) is 0.486. The predicted octanol–water partition coefficient (Wildman–Crippen LogP) is 5.02. The number of aryl methyl sites for hydroxylation is 2. The highest BCUT2D eigenvalue weighted by molar-refractivity contribution is 6.15. The standard InChI is InChI=1S/C26H23N5O2/c1-17-9-8-12-20(15-17)27-26(32)33-16-22-25-30-29-18(2)31(25)23-14-7-6-13-21(23)24(28-22)19-10-4-3-5-11-19/h3-15,22H,16H2,1-2H3,(H,27,32). The lowest BCUT2D eigenvalue weighted by molar-refractivity contribution is 0.153. The van der Waals surface area contributed by atoms with E-state index in [1.54, 1.807) is 0 Å². The van der Waals surface area contributed by atoms with E-state index in [-0.39, 0.29) is 6.61 Å². The average Bonchev–Trinajstić information content (AvgIpc) is 3.14. The first-order chi connectivity index (χ1) is 16.1. The van der Waals surface area contributed by atoms with Crippen LogP contribution in [0.1, 0.15) is 34.4 Å². The summed E-state index contributed by atoms with van der Waals surface area (Å²) in [6.45, 7) is 3.90. The number of anilines is 1. The molecule has 0 aliphatic carbocycles. The topological polar surface area (TPSA) is 81.4 Å². The molecule has 0 fully saturated rings. The van der Waals surface area contributed by atoms with Gasteiger partial charge in [-0.05, 0) is 37.6 Å². The van der Waals surface area contributed by atoms with Crippen molar-refractivity contribution in [3.8, 4) is 5.69 Å². The third kappa shape index (κ3) is 4.13. The number of nitrogens with zero attached hydrogens (tertiary/aromatic N) is 4. The van der Waals surface area contributed by atoms with Crippen molar-refractivity contribution in [1.82, 2.24) is 14.8 Å². The molecule has 7 nitrogen and oxygen atoms in total. The lowest BCUT2D eigenvalue weighted by atomic mass is 10.0. The summed E-state index contributed by atoms with van der Waals surface area (Å²) in [5.41, 5.74) is 5.46. The van der Waals surface area contributed by atoms with E-state index < -0.39 is 12.1 Å². The Balaban J connectivity index is 1.50. The molecule has 164 valence electrons. The zero-order valence-electron chi connectivity index (χ0n) is 18.4. The van der Waals surface area contributed by atoms with E-state index in [1.807, 2.05) is 97.3 Å². The molecule has 0 spiro atoms. The van der Waals surface area contributed by atoms with Crippen LogP contribution in [0.5, 0.6) is 0 Å². The summed E-state index contributed by atoms with van der Waals surface area (Å²) in [6.07, 6.45) is -0.540. The summed E-state index contributed by atoms with van der Waals surface area (Å²) < 4.78 is 7.58. The lowest BCUT2D eigenvalue weighted by Gasteiger charge is -2.13. The first-order valence-corrected chi connectivity index (χ1v) is 10.8. The van der Waals surface area contributed by atoms with Gasteiger partial charge in [-0.3, -0.25) is 14.9 Å². The maximum atomic E-state index is 12.5. The highest BCUT2D eigenvalue weighted by atomic mass is 16.5. The van der Waals surface area contributed by atoms with Gasteiger partial charge in [-0.25, -0.2) is 4.79 Å². The molecule has 33 heavy (non-hydrogen) atoms. The normalized spacial score (nSPS) is 14.5. The van der Waals surface area contributed by atoms with Crippen molar-refractivity contribution >= 4 is 17.5 Å². The number of aromatic nitrogens is 3. The number of rotatable bonds is 4. The fraction of sp³-hybridized carbons (Fsp3) is 0.154. The predicted molar refractivity (Wildman–Crippen MR) is 127 cm³/mol. The number of amides is 1. The SMILES string of the molecule is Cc1cccc(NC(=O)OCC2N=C(c3ccccc3)c3ccccc3-n3c(C)nnc32)c1. The maximum Gasteiger partial charge on any atom is 0.411 e.